The summed E-state index contributed by atoms with van der Waals surface area (Å²) in [4.78, 5) is 0. The molecule has 0 saturated heterocycles. The van der Waals surface area contributed by atoms with E-state index in [4.69, 9.17) is 4.43 Å². The highest BCUT2D eigenvalue weighted by atomic mass is 28.4. The van der Waals surface area contributed by atoms with Gasteiger partial charge in [-0.3, -0.25) is 0 Å². The van der Waals surface area contributed by atoms with Crippen molar-refractivity contribution in [3.05, 3.63) is 29.3 Å². The van der Waals surface area contributed by atoms with Crippen LogP contribution in [0.3, 0.4) is 0 Å². The van der Waals surface area contributed by atoms with Gasteiger partial charge in [0.05, 0.1) is 0 Å². The number of benzene rings is 1. The maximum absolute atomic E-state index is 5.57. The molecule has 0 aromatic heterocycles. The van der Waals surface area contributed by atoms with Gasteiger partial charge in [-0.1, -0.05) is 29.3 Å². The lowest BCUT2D eigenvalue weighted by molar-refractivity contribution is 0.416. The third-order valence-corrected chi connectivity index (χ3v) is 5.13. The van der Waals surface area contributed by atoms with Crippen LogP contribution in [-0.4, -0.2) is 15.4 Å². The molecule has 1 nitrogen and oxygen atoms in total. The Morgan fingerprint density at radius 3 is 1.85 bits per heavy atom. The second kappa shape index (κ2) is 3.64. The Hall–Kier alpha value is -0.603. The molecule has 1 rings (SSSR count). The van der Waals surface area contributed by atoms with Gasteiger partial charge in [0.1, 0.15) is 0 Å². The van der Waals surface area contributed by atoms with Gasteiger partial charge in [0.2, 0.25) is 8.32 Å². The van der Waals surface area contributed by atoms with Crippen LogP contribution in [0.25, 0.3) is 0 Å². The quantitative estimate of drug-likeness (QED) is 0.657. The van der Waals surface area contributed by atoms with Crippen molar-refractivity contribution in [1.82, 2.24) is 0 Å². The Morgan fingerprint density at radius 2 is 1.46 bits per heavy atom. The fourth-order valence-corrected chi connectivity index (χ4v) is 2.83. The zero-order valence-electron chi connectivity index (χ0n) is 9.14. The first-order chi connectivity index (χ1) is 5.95. The van der Waals surface area contributed by atoms with Crippen molar-refractivity contribution in [3.8, 4) is 0 Å². The largest absolute Gasteiger partial charge is 0.416 e. The lowest BCUT2D eigenvalue weighted by Crippen LogP contribution is -2.43. The smallest absolute Gasteiger partial charge is 0.217 e. The Balaban J connectivity index is 3.15. The molecule has 0 fully saturated rings. The van der Waals surface area contributed by atoms with Crippen molar-refractivity contribution in [2.24, 2.45) is 0 Å². The van der Waals surface area contributed by atoms with E-state index in [0.29, 0.717) is 0 Å². The van der Waals surface area contributed by atoms with E-state index in [1.165, 1.54) is 16.3 Å². The third kappa shape index (κ3) is 2.42. The van der Waals surface area contributed by atoms with E-state index >= 15 is 0 Å². The Morgan fingerprint density at radius 1 is 1.00 bits per heavy atom. The van der Waals surface area contributed by atoms with Crippen molar-refractivity contribution in [1.29, 1.82) is 0 Å². The molecule has 0 aliphatic carbocycles. The minimum absolute atomic E-state index is 1.33. The van der Waals surface area contributed by atoms with Crippen molar-refractivity contribution in [3.63, 3.8) is 0 Å². The standard InChI is InChI=1S/C11H18OSi/c1-9-6-10(2)8-11(7-9)13(4,5)12-3/h6-8H,1-5H3. The average Bonchev–Trinajstić information content (AvgIpc) is 2.02. The summed E-state index contributed by atoms with van der Waals surface area (Å²) in [5, 5.41) is 1.38. The van der Waals surface area contributed by atoms with Gasteiger partial charge in [-0.25, -0.2) is 0 Å². The summed E-state index contributed by atoms with van der Waals surface area (Å²) in [6.45, 7) is 8.72. The van der Waals surface area contributed by atoms with Gasteiger partial charge < -0.3 is 4.43 Å². The van der Waals surface area contributed by atoms with E-state index in [9.17, 15) is 0 Å². The summed E-state index contributed by atoms with van der Waals surface area (Å²) < 4.78 is 5.57. The molecule has 2 heteroatoms. The van der Waals surface area contributed by atoms with E-state index in [-0.39, 0.29) is 0 Å². The highest BCUT2D eigenvalue weighted by molar-refractivity contribution is 6.84. The zero-order chi connectivity index (χ0) is 10.1. The molecule has 0 radical (unpaired) electrons. The minimum Gasteiger partial charge on any atom is -0.416 e. The van der Waals surface area contributed by atoms with Crippen LogP contribution in [0.4, 0.5) is 0 Å². The van der Waals surface area contributed by atoms with Gasteiger partial charge in [0, 0.05) is 7.11 Å². The van der Waals surface area contributed by atoms with Gasteiger partial charge in [0.15, 0.2) is 0 Å². The van der Waals surface area contributed by atoms with Crippen LogP contribution in [0.1, 0.15) is 11.1 Å². The van der Waals surface area contributed by atoms with Crippen LogP contribution in [0.5, 0.6) is 0 Å². The Labute approximate surface area is 81.9 Å². The molecule has 13 heavy (non-hydrogen) atoms. The van der Waals surface area contributed by atoms with Crippen molar-refractivity contribution in [2.75, 3.05) is 7.11 Å². The minimum atomic E-state index is -1.62. The summed E-state index contributed by atoms with van der Waals surface area (Å²) >= 11 is 0. The molecule has 0 amide bonds. The number of hydrogen-bond donors (Lipinski definition) is 0. The molecular weight excluding hydrogens is 176 g/mol. The van der Waals surface area contributed by atoms with Crippen molar-refractivity contribution in [2.45, 2.75) is 26.9 Å². The van der Waals surface area contributed by atoms with E-state index in [1.54, 1.807) is 0 Å². The molecule has 0 N–H and O–H groups in total. The second-order valence-electron chi connectivity index (χ2n) is 4.09. The molecule has 0 aliphatic heterocycles. The molecule has 0 atom stereocenters. The van der Waals surface area contributed by atoms with Gasteiger partial charge in [-0.2, -0.15) is 0 Å². The molecule has 72 valence electrons. The van der Waals surface area contributed by atoms with Crippen LogP contribution in [0.2, 0.25) is 13.1 Å². The van der Waals surface area contributed by atoms with Gasteiger partial charge in [-0.15, -0.1) is 0 Å². The molecule has 0 unspecified atom stereocenters. The number of aryl methyl sites for hydroxylation is 2. The van der Waals surface area contributed by atoms with Crippen molar-refractivity contribution < 1.29 is 4.43 Å². The van der Waals surface area contributed by atoms with Gasteiger partial charge in [0.25, 0.3) is 0 Å². The molecule has 0 bridgehead atoms. The Kier molecular flexibility index (Phi) is 2.93. The van der Waals surface area contributed by atoms with E-state index in [0.717, 1.165) is 0 Å². The SMILES string of the molecule is CO[Si](C)(C)c1cc(C)cc(C)c1. The van der Waals surface area contributed by atoms with Crippen molar-refractivity contribution >= 4 is 13.5 Å². The lowest BCUT2D eigenvalue weighted by atomic mass is 10.2. The molecule has 0 saturated carbocycles. The third-order valence-electron chi connectivity index (χ3n) is 2.43. The number of hydrogen-bond acceptors (Lipinski definition) is 1. The maximum atomic E-state index is 5.57. The molecule has 0 aliphatic rings. The first kappa shape index (κ1) is 10.5. The molecule has 1 aromatic carbocycles. The summed E-state index contributed by atoms with van der Waals surface area (Å²) in [6, 6.07) is 6.68. The normalized spacial score (nSPS) is 11.8. The average molecular weight is 194 g/mol. The molecule has 0 spiro atoms. The van der Waals surface area contributed by atoms with Crippen LogP contribution < -0.4 is 5.19 Å². The van der Waals surface area contributed by atoms with Gasteiger partial charge in [-0.05, 0) is 32.1 Å². The summed E-state index contributed by atoms with van der Waals surface area (Å²) in [6.07, 6.45) is 0. The highest BCUT2D eigenvalue weighted by Crippen LogP contribution is 2.08. The first-order valence-corrected chi connectivity index (χ1v) is 7.50. The Bertz CT molecular complexity index is 285. The van der Waals surface area contributed by atoms with E-state index in [1.807, 2.05) is 7.11 Å². The fraction of sp³-hybridized carbons (Fsp3) is 0.455. The zero-order valence-corrected chi connectivity index (χ0v) is 10.1. The highest BCUT2D eigenvalue weighted by Gasteiger charge is 2.23. The monoisotopic (exact) mass is 194 g/mol. The van der Waals surface area contributed by atoms with Crippen LogP contribution >= 0.6 is 0 Å². The summed E-state index contributed by atoms with van der Waals surface area (Å²) in [5.74, 6) is 0. The lowest BCUT2D eigenvalue weighted by Gasteiger charge is -2.21. The predicted octanol–water partition coefficient (Wildman–Crippen LogP) is 2.36. The summed E-state index contributed by atoms with van der Waals surface area (Å²) in [7, 11) is 0.193. The second-order valence-corrected chi connectivity index (χ2v) is 8.10. The molecular formula is C11H18OSi. The fourth-order valence-electron chi connectivity index (χ4n) is 1.44. The summed E-state index contributed by atoms with van der Waals surface area (Å²) in [5.41, 5.74) is 2.65. The molecule has 0 heterocycles. The predicted molar refractivity (Wildman–Crippen MR) is 60.0 cm³/mol. The maximum Gasteiger partial charge on any atom is 0.217 e. The topological polar surface area (TPSA) is 9.23 Å². The van der Waals surface area contributed by atoms with E-state index < -0.39 is 8.32 Å². The molecule has 1 aromatic rings. The first-order valence-electron chi connectivity index (χ1n) is 4.59. The van der Waals surface area contributed by atoms with Crippen LogP contribution in [0, 0.1) is 13.8 Å². The number of rotatable bonds is 2. The van der Waals surface area contributed by atoms with E-state index in [2.05, 4.69) is 45.1 Å². The van der Waals surface area contributed by atoms with Gasteiger partial charge >= 0.3 is 0 Å². The van der Waals surface area contributed by atoms with Crippen LogP contribution in [0.15, 0.2) is 18.2 Å². The van der Waals surface area contributed by atoms with Crippen LogP contribution in [-0.2, 0) is 4.43 Å².